The third-order valence-electron chi connectivity index (χ3n) is 11.7. The molecule has 0 aliphatic heterocycles. The normalized spacial score (nSPS) is 11.5. The van der Waals surface area contributed by atoms with E-state index in [0.29, 0.717) is 17.5 Å². The molecule has 0 aliphatic carbocycles. The Morgan fingerprint density at radius 2 is 0.790 bits per heavy atom. The fourth-order valence-electron chi connectivity index (χ4n) is 8.75. The molecule has 3 heterocycles. The van der Waals surface area contributed by atoms with Gasteiger partial charge in [-0.3, -0.25) is 0 Å². The fourth-order valence-corrected chi connectivity index (χ4v) is 9.86. The van der Waals surface area contributed by atoms with Gasteiger partial charge >= 0.3 is 0 Å². The molecule has 0 saturated heterocycles. The number of nitrogens with zero attached hydrogens (tertiary/aromatic N) is 3. The lowest BCUT2D eigenvalue weighted by Crippen LogP contribution is -2.00. The molecule has 0 N–H and O–H groups in total. The molecule has 0 radical (unpaired) electrons. The van der Waals surface area contributed by atoms with Gasteiger partial charge in [-0.25, -0.2) is 15.0 Å². The standard InChI is InChI=1S/C57H35N3OS/c1-4-14-36(15-5-1)39-20-10-22-43(32-39)55-58-56(44-23-11-21-40(33-44)37-16-6-2-7-17-37)60-57(59-55)46-25-12-26-50-53(46)47-35-42(28-30-49(47)61-50)45-24-13-27-52-54(45)48-34-41(29-31-51(48)62-52)38-18-8-3-9-19-38/h1-35H. The summed E-state index contributed by atoms with van der Waals surface area (Å²) in [6, 6.07) is 74.5. The molecule has 0 fully saturated rings. The second-order valence-corrected chi connectivity index (χ2v) is 16.6. The quantitative estimate of drug-likeness (QED) is 0.161. The minimum Gasteiger partial charge on any atom is -0.456 e. The first-order valence-corrected chi connectivity index (χ1v) is 21.6. The van der Waals surface area contributed by atoms with E-state index in [1.165, 1.54) is 36.9 Å². The largest absolute Gasteiger partial charge is 0.456 e. The van der Waals surface area contributed by atoms with Gasteiger partial charge in [-0.2, -0.15) is 0 Å². The third-order valence-corrected chi connectivity index (χ3v) is 12.9. The molecule has 290 valence electrons. The first-order valence-electron chi connectivity index (χ1n) is 20.7. The molecule has 0 bridgehead atoms. The molecule has 12 rings (SSSR count). The molecule has 12 aromatic rings. The van der Waals surface area contributed by atoms with Crippen LogP contribution in [0.2, 0.25) is 0 Å². The maximum absolute atomic E-state index is 6.60. The average molecular weight is 810 g/mol. The summed E-state index contributed by atoms with van der Waals surface area (Å²) in [6.07, 6.45) is 0. The van der Waals surface area contributed by atoms with Gasteiger partial charge in [0.1, 0.15) is 11.2 Å². The lowest BCUT2D eigenvalue weighted by atomic mass is 9.96. The van der Waals surface area contributed by atoms with Crippen LogP contribution in [0.15, 0.2) is 217 Å². The minimum atomic E-state index is 0.582. The molecule has 62 heavy (non-hydrogen) atoms. The van der Waals surface area contributed by atoms with Crippen molar-refractivity contribution in [3.05, 3.63) is 212 Å². The van der Waals surface area contributed by atoms with Gasteiger partial charge in [-0.05, 0) is 93.0 Å². The van der Waals surface area contributed by atoms with E-state index < -0.39 is 0 Å². The molecule has 0 atom stereocenters. The lowest BCUT2D eigenvalue weighted by molar-refractivity contribution is 0.669. The number of furan rings is 1. The van der Waals surface area contributed by atoms with E-state index in [1.807, 2.05) is 35.6 Å². The van der Waals surface area contributed by atoms with Gasteiger partial charge in [0.25, 0.3) is 0 Å². The van der Waals surface area contributed by atoms with E-state index in [4.69, 9.17) is 19.4 Å². The predicted molar refractivity (Wildman–Crippen MR) is 258 cm³/mol. The first-order chi connectivity index (χ1) is 30.7. The van der Waals surface area contributed by atoms with Gasteiger partial charge in [0, 0.05) is 47.6 Å². The monoisotopic (exact) mass is 809 g/mol. The number of benzene rings is 9. The van der Waals surface area contributed by atoms with E-state index in [2.05, 4.69) is 188 Å². The number of thiophene rings is 1. The van der Waals surface area contributed by atoms with E-state index >= 15 is 0 Å². The Morgan fingerprint density at radius 1 is 0.290 bits per heavy atom. The summed E-state index contributed by atoms with van der Waals surface area (Å²) in [5.74, 6) is 1.78. The number of rotatable bonds is 7. The fraction of sp³-hybridized carbons (Fsp3) is 0. The Hall–Kier alpha value is -7.99. The summed E-state index contributed by atoms with van der Waals surface area (Å²) in [5.41, 5.74) is 13.5. The summed E-state index contributed by atoms with van der Waals surface area (Å²) < 4.78 is 9.14. The van der Waals surface area contributed by atoms with Crippen LogP contribution in [0.25, 0.3) is 121 Å². The number of fused-ring (bicyclic) bond motifs is 6. The average Bonchev–Trinajstić information content (AvgIpc) is 3.93. The van der Waals surface area contributed by atoms with Crippen LogP contribution in [0.1, 0.15) is 0 Å². The van der Waals surface area contributed by atoms with Gasteiger partial charge < -0.3 is 4.42 Å². The van der Waals surface area contributed by atoms with Crippen molar-refractivity contribution in [1.29, 1.82) is 0 Å². The maximum atomic E-state index is 6.60. The molecule has 3 aromatic heterocycles. The lowest BCUT2D eigenvalue weighted by Gasteiger charge is -2.11. The van der Waals surface area contributed by atoms with Crippen LogP contribution < -0.4 is 0 Å². The molecule has 4 nitrogen and oxygen atoms in total. The second kappa shape index (κ2) is 14.9. The highest BCUT2D eigenvalue weighted by molar-refractivity contribution is 7.26. The highest BCUT2D eigenvalue weighted by Gasteiger charge is 2.20. The van der Waals surface area contributed by atoms with Crippen LogP contribution in [0.5, 0.6) is 0 Å². The van der Waals surface area contributed by atoms with Crippen molar-refractivity contribution in [2.45, 2.75) is 0 Å². The summed E-state index contributed by atoms with van der Waals surface area (Å²) in [5, 5.41) is 4.50. The summed E-state index contributed by atoms with van der Waals surface area (Å²) in [6.45, 7) is 0. The Morgan fingerprint density at radius 3 is 1.44 bits per heavy atom. The second-order valence-electron chi connectivity index (χ2n) is 15.5. The van der Waals surface area contributed by atoms with Gasteiger partial charge in [0.2, 0.25) is 0 Å². The Kier molecular flexibility index (Phi) is 8.65. The van der Waals surface area contributed by atoms with Crippen LogP contribution in [-0.2, 0) is 0 Å². The van der Waals surface area contributed by atoms with Gasteiger partial charge in [-0.1, -0.05) is 164 Å². The zero-order chi connectivity index (χ0) is 41.0. The molecule has 0 unspecified atom stereocenters. The van der Waals surface area contributed by atoms with Crippen LogP contribution in [0.4, 0.5) is 0 Å². The van der Waals surface area contributed by atoms with Crippen molar-refractivity contribution in [3.63, 3.8) is 0 Å². The molecule has 5 heteroatoms. The van der Waals surface area contributed by atoms with Crippen molar-refractivity contribution in [1.82, 2.24) is 15.0 Å². The SMILES string of the molecule is c1ccc(-c2cccc(-c3nc(-c4cccc(-c5ccccc5)c4)nc(-c4cccc5oc6ccc(-c7cccc8sc9ccc(-c%10ccccc%10)cc9c78)cc6c45)n3)c2)cc1. The smallest absolute Gasteiger partial charge is 0.164 e. The van der Waals surface area contributed by atoms with Crippen molar-refractivity contribution in [2.24, 2.45) is 0 Å². The van der Waals surface area contributed by atoms with E-state index in [-0.39, 0.29) is 0 Å². The van der Waals surface area contributed by atoms with Gasteiger partial charge in [0.15, 0.2) is 17.5 Å². The van der Waals surface area contributed by atoms with Crippen LogP contribution in [0, 0.1) is 0 Å². The van der Waals surface area contributed by atoms with E-state index in [9.17, 15) is 0 Å². The number of hydrogen-bond acceptors (Lipinski definition) is 5. The zero-order valence-electron chi connectivity index (χ0n) is 33.4. The first kappa shape index (κ1) is 35.9. The van der Waals surface area contributed by atoms with Crippen LogP contribution >= 0.6 is 11.3 Å². The van der Waals surface area contributed by atoms with Crippen molar-refractivity contribution in [2.75, 3.05) is 0 Å². The Balaban J connectivity index is 1.05. The summed E-state index contributed by atoms with van der Waals surface area (Å²) in [4.78, 5) is 15.7. The predicted octanol–water partition coefficient (Wildman–Crippen LogP) is 15.8. The van der Waals surface area contributed by atoms with Crippen molar-refractivity contribution < 1.29 is 4.42 Å². The highest BCUT2D eigenvalue weighted by atomic mass is 32.1. The van der Waals surface area contributed by atoms with Crippen molar-refractivity contribution >= 4 is 53.4 Å². The maximum Gasteiger partial charge on any atom is 0.164 e. The highest BCUT2D eigenvalue weighted by Crippen LogP contribution is 2.44. The van der Waals surface area contributed by atoms with Gasteiger partial charge in [-0.15, -0.1) is 11.3 Å². The van der Waals surface area contributed by atoms with E-state index in [0.717, 1.165) is 66.4 Å². The zero-order valence-corrected chi connectivity index (χ0v) is 34.2. The molecular formula is C57H35N3OS. The summed E-state index contributed by atoms with van der Waals surface area (Å²) >= 11 is 1.84. The molecule has 0 spiro atoms. The molecule has 0 saturated carbocycles. The van der Waals surface area contributed by atoms with Crippen LogP contribution in [-0.4, -0.2) is 15.0 Å². The Bertz CT molecular complexity index is 3530. The number of aromatic nitrogens is 3. The van der Waals surface area contributed by atoms with E-state index in [1.54, 1.807) is 0 Å². The molecule has 9 aromatic carbocycles. The minimum absolute atomic E-state index is 0.582. The van der Waals surface area contributed by atoms with Crippen molar-refractivity contribution in [3.8, 4) is 78.7 Å². The van der Waals surface area contributed by atoms with Crippen LogP contribution in [0.3, 0.4) is 0 Å². The molecule has 0 aliphatic rings. The van der Waals surface area contributed by atoms with Gasteiger partial charge in [0.05, 0.1) is 0 Å². The Labute approximate surface area is 362 Å². The third kappa shape index (κ3) is 6.35. The molecule has 0 amide bonds. The number of hydrogen-bond donors (Lipinski definition) is 0. The topological polar surface area (TPSA) is 51.8 Å². The molecular weight excluding hydrogens is 775 g/mol. The summed E-state index contributed by atoms with van der Waals surface area (Å²) in [7, 11) is 0.